The molecule has 0 fully saturated rings. The first-order valence-electron chi connectivity index (χ1n) is 4.34. The molecule has 0 saturated carbocycles. The molecule has 0 bridgehead atoms. The van der Waals surface area contributed by atoms with Gasteiger partial charge in [0.05, 0.1) is 5.54 Å². The van der Waals surface area contributed by atoms with E-state index in [-0.39, 0.29) is 0 Å². The minimum absolute atomic E-state index is 0.434. The van der Waals surface area contributed by atoms with Gasteiger partial charge in [0.25, 0.3) is 0 Å². The van der Waals surface area contributed by atoms with Gasteiger partial charge in [-0.15, -0.1) is 0 Å². The van der Waals surface area contributed by atoms with Crippen LogP contribution in [0.5, 0.6) is 0 Å². The molecule has 5 heteroatoms. The van der Waals surface area contributed by atoms with Gasteiger partial charge >= 0.3 is 0 Å². The molecule has 1 atom stereocenters. The summed E-state index contributed by atoms with van der Waals surface area (Å²) in [6.45, 7) is 2.36. The minimum Gasteiger partial charge on any atom is -0.308 e. The summed E-state index contributed by atoms with van der Waals surface area (Å²) in [5.41, 5.74) is 7.57. The third-order valence-electron chi connectivity index (χ3n) is 2.10. The van der Waals surface area contributed by atoms with Crippen molar-refractivity contribution in [2.24, 2.45) is 5.11 Å². The molecule has 0 amide bonds. The zero-order valence-electron chi connectivity index (χ0n) is 8.16. The van der Waals surface area contributed by atoms with Crippen LogP contribution in [0.25, 0.3) is 10.4 Å². The fourth-order valence-corrected chi connectivity index (χ4v) is 0.962. The van der Waals surface area contributed by atoms with Gasteiger partial charge in [-0.05, 0) is 32.3 Å². The molecule has 13 heavy (non-hydrogen) atoms. The van der Waals surface area contributed by atoms with Crippen LogP contribution in [0.4, 0.5) is 0 Å². The zero-order chi connectivity index (χ0) is 10.2. The van der Waals surface area contributed by atoms with E-state index in [0.29, 0.717) is 6.54 Å². The summed E-state index contributed by atoms with van der Waals surface area (Å²) in [5, 5.41) is 6.36. The van der Waals surface area contributed by atoms with Crippen molar-refractivity contribution < 1.29 is 4.79 Å². The largest absolute Gasteiger partial charge is 0.308 e. The summed E-state index contributed by atoms with van der Waals surface area (Å²) in [6, 6.07) is 0. The Morgan fingerprint density at radius 3 is 2.77 bits per heavy atom. The Bertz CT molecular complexity index is 200. The van der Waals surface area contributed by atoms with Crippen LogP contribution < -0.4 is 5.32 Å². The second kappa shape index (κ2) is 6.46. The van der Waals surface area contributed by atoms with Gasteiger partial charge in [-0.3, -0.25) is 0 Å². The second-order valence-corrected chi connectivity index (χ2v) is 3.20. The lowest BCUT2D eigenvalue weighted by molar-refractivity contribution is -0.112. The van der Waals surface area contributed by atoms with Crippen molar-refractivity contribution in [2.75, 3.05) is 13.6 Å². The van der Waals surface area contributed by atoms with Crippen LogP contribution in [0.1, 0.15) is 26.2 Å². The number of hydrogen-bond donors (Lipinski definition) is 1. The number of unbranched alkanes of at least 4 members (excludes halogenated alkanes) is 1. The number of likely N-dealkylation sites (N-methyl/N-ethyl adjacent to an activating group) is 1. The first-order chi connectivity index (χ1) is 6.18. The predicted octanol–water partition coefficient (Wildman–Crippen LogP) is 1.64. The van der Waals surface area contributed by atoms with Crippen molar-refractivity contribution >= 4 is 6.29 Å². The SMILES string of the molecule is CN[C@@](C)(C=O)CCCCN=[N+]=[N-]. The predicted molar refractivity (Wildman–Crippen MR) is 51.4 cm³/mol. The smallest absolute Gasteiger partial charge is 0.139 e. The highest BCUT2D eigenvalue weighted by atomic mass is 16.1. The molecule has 0 rings (SSSR count). The molecule has 0 saturated heterocycles. The lowest BCUT2D eigenvalue weighted by Gasteiger charge is -2.21. The lowest BCUT2D eigenvalue weighted by atomic mass is 9.97. The van der Waals surface area contributed by atoms with Gasteiger partial charge in [0.15, 0.2) is 0 Å². The Balaban J connectivity index is 3.61. The standard InChI is InChI=1S/C8H16N4O/c1-8(7-13,10-2)5-3-4-6-11-12-9/h7,10H,3-6H2,1-2H3/t8-/m1/s1. The first kappa shape index (κ1) is 11.9. The van der Waals surface area contributed by atoms with Crippen LogP contribution in [0, 0.1) is 0 Å². The Hall–Kier alpha value is -1.06. The first-order valence-corrected chi connectivity index (χ1v) is 4.34. The van der Waals surface area contributed by atoms with Gasteiger partial charge in [0.2, 0.25) is 0 Å². The number of carbonyl (C=O) groups excluding carboxylic acids is 1. The molecule has 0 aliphatic carbocycles. The van der Waals surface area contributed by atoms with Crippen molar-refractivity contribution in [3.8, 4) is 0 Å². The number of aldehydes is 1. The van der Waals surface area contributed by atoms with Crippen molar-refractivity contribution in [1.29, 1.82) is 0 Å². The monoisotopic (exact) mass is 184 g/mol. The van der Waals surface area contributed by atoms with E-state index in [4.69, 9.17) is 5.53 Å². The molecule has 0 aromatic heterocycles. The molecule has 74 valence electrons. The maximum atomic E-state index is 10.6. The van der Waals surface area contributed by atoms with Gasteiger partial charge < -0.3 is 10.1 Å². The topological polar surface area (TPSA) is 77.9 Å². The molecular formula is C8H16N4O. The van der Waals surface area contributed by atoms with Gasteiger partial charge in [0, 0.05) is 11.5 Å². The van der Waals surface area contributed by atoms with Gasteiger partial charge in [-0.25, -0.2) is 0 Å². The van der Waals surface area contributed by atoms with Crippen LogP contribution in [-0.4, -0.2) is 25.4 Å². The van der Waals surface area contributed by atoms with Crippen LogP contribution in [0.15, 0.2) is 5.11 Å². The third kappa shape index (κ3) is 5.22. The number of nitrogens with zero attached hydrogens (tertiary/aromatic N) is 3. The number of carbonyl (C=O) groups is 1. The number of azide groups is 1. The summed E-state index contributed by atoms with van der Waals surface area (Å²) in [6.07, 6.45) is 3.40. The molecular weight excluding hydrogens is 168 g/mol. The highest BCUT2D eigenvalue weighted by Gasteiger charge is 2.19. The fraction of sp³-hybridized carbons (Fsp3) is 0.875. The Kier molecular flexibility index (Phi) is 5.93. The summed E-state index contributed by atoms with van der Waals surface area (Å²) in [5.74, 6) is 0. The maximum Gasteiger partial charge on any atom is 0.139 e. The molecule has 0 aromatic rings. The number of hydrogen-bond acceptors (Lipinski definition) is 3. The van der Waals surface area contributed by atoms with E-state index in [1.165, 1.54) is 0 Å². The van der Waals surface area contributed by atoms with Crippen LogP contribution in [-0.2, 0) is 4.79 Å². The van der Waals surface area contributed by atoms with Gasteiger partial charge in [-0.2, -0.15) is 0 Å². The van der Waals surface area contributed by atoms with E-state index < -0.39 is 5.54 Å². The average molecular weight is 184 g/mol. The summed E-state index contributed by atoms with van der Waals surface area (Å²) >= 11 is 0. The normalized spacial score (nSPS) is 14.3. The molecule has 0 heterocycles. The summed E-state index contributed by atoms with van der Waals surface area (Å²) in [4.78, 5) is 13.3. The minimum atomic E-state index is -0.434. The van der Waals surface area contributed by atoms with Gasteiger partial charge in [-0.1, -0.05) is 11.5 Å². The Morgan fingerprint density at radius 1 is 1.62 bits per heavy atom. The third-order valence-corrected chi connectivity index (χ3v) is 2.10. The summed E-state index contributed by atoms with van der Waals surface area (Å²) < 4.78 is 0. The van der Waals surface area contributed by atoms with E-state index in [1.54, 1.807) is 7.05 Å². The Labute approximate surface area is 78.1 Å². The number of nitrogens with one attached hydrogen (secondary N) is 1. The molecule has 0 radical (unpaired) electrons. The summed E-state index contributed by atoms with van der Waals surface area (Å²) in [7, 11) is 1.77. The van der Waals surface area contributed by atoms with E-state index in [9.17, 15) is 4.79 Å². The quantitative estimate of drug-likeness (QED) is 0.215. The van der Waals surface area contributed by atoms with Gasteiger partial charge in [0.1, 0.15) is 6.29 Å². The second-order valence-electron chi connectivity index (χ2n) is 3.20. The average Bonchev–Trinajstić information content (AvgIpc) is 2.17. The van der Waals surface area contributed by atoms with E-state index in [0.717, 1.165) is 25.5 Å². The molecule has 5 nitrogen and oxygen atoms in total. The Morgan fingerprint density at radius 2 is 2.31 bits per heavy atom. The lowest BCUT2D eigenvalue weighted by Crippen LogP contribution is -2.41. The molecule has 0 aliphatic rings. The van der Waals surface area contributed by atoms with Crippen LogP contribution in [0.2, 0.25) is 0 Å². The molecule has 0 aromatic carbocycles. The highest BCUT2D eigenvalue weighted by Crippen LogP contribution is 2.10. The zero-order valence-corrected chi connectivity index (χ0v) is 8.16. The van der Waals surface area contributed by atoms with Crippen molar-refractivity contribution in [3.63, 3.8) is 0 Å². The van der Waals surface area contributed by atoms with Crippen molar-refractivity contribution in [2.45, 2.75) is 31.7 Å². The van der Waals surface area contributed by atoms with Crippen LogP contribution in [0.3, 0.4) is 0 Å². The van der Waals surface area contributed by atoms with Crippen LogP contribution >= 0.6 is 0 Å². The van der Waals surface area contributed by atoms with Crippen molar-refractivity contribution in [3.05, 3.63) is 10.4 Å². The van der Waals surface area contributed by atoms with E-state index in [1.807, 2.05) is 6.92 Å². The van der Waals surface area contributed by atoms with Crippen molar-refractivity contribution in [1.82, 2.24) is 5.32 Å². The number of rotatable bonds is 7. The fourth-order valence-electron chi connectivity index (χ4n) is 0.962. The van der Waals surface area contributed by atoms with E-state index in [2.05, 4.69) is 15.3 Å². The maximum absolute atomic E-state index is 10.6. The van der Waals surface area contributed by atoms with E-state index >= 15 is 0 Å². The highest BCUT2D eigenvalue weighted by molar-refractivity contribution is 5.63. The molecule has 0 aliphatic heterocycles. The molecule has 0 unspecified atom stereocenters. The molecule has 1 N–H and O–H groups in total. The molecule has 0 spiro atoms.